The van der Waals surface area contributed by atoms with Crippen molar-refractivity contribution in [2.24, 2.45) is 0 Å². The fraction of sp³-hybridized carbons (Fsp3) is 0.812. The predicted molar refractivity (Wildman–Crippen MR) is 81.2 cm³/mol. The van der Waals surface area contributed by atoms with Crippen molar-refractivity contribution in [2.45, 2.75) is 78.1 Å². The number of carbonyl (C=O) groups is 1. The number of aliphatic carboxylic acids is 1. The van der Waals surface area contributed by atoms with Crippen molar-refractivity contribution in [2.75, 3.05) is 6.54 Å². The molecule has 0 aliphatic rings. The third-order valence-electron chi connectivity index (χ3n) is 3.36. The van der Waals surface area contributed by atoms with Gasteiger partial charge in [0.15, 0.2) is 0 Å². The number of allylic oxidation sites excluding steroid dienone is 1. The molecule has 2 N–H and O–H groups in total. The zero-order valence-electron chi connectivity index (χ0n) is 12.7. The van der Waals surface area contributed by atoms with Crippen LogP contribution in [0.25, 0.3) is 0 Å². The number of hydrogen-bond acceptors (Lipinski definition) is 2. The molecular formula is C16H31NO2. The van der Waals surface area contributed by atoms with E-state index in [9.17, 15) is 4.79 Å². The van der Waals surface area contributed by atoms with Crippen molar-refractivity contribution in [3.8, 4) is 0 Å². The van der Waals surface area contributed by atoms with Crippen LogP contribution >= 0.6 is 0 Å². The van der Waals surface area contributed by atoms with E-state index in [-0.39, 0.29) is 0 Å². The van der Waals surface area contributed by atoms with Crippen molar-refractivity contribution < 1.29 is 9.90 Å². The minimum atomic E-state index is -0.866. The van der Waals surface area contributed by atoms with Crippen LogP contribution in [-0.2, 0) is 4.79 Å². The monoisotopic (exact) mass is 269 g/mol. The molecule has 3 heteroatoms. The van der Waals surface area contributed by atoms with E-state index in [1.165, 1.54) is 57.8 Å². The summed E-state index contributed by atoms with van der Waals surface area (Å²) in [5, 5.41) is 11.8. The Bertz CT molecular complexity index is 249. The molecule has 112 valence electrons. The Morgan fingerprint density at radius 1 is 0.947 bits per heavy atom. The van der Waals surface area contributed by atoms with Crippen LogP contribution in [-0.4, -0.2) is 17.6 Å². The van der Waals surface area contributed by atoms with Crippen LogP contribution in [0.3, 0.4) is 0 Å². The van der Waals surface area contributed by atoms with Gasteiger partial charge in [-0.25, -0.2) is 4.79 Å². The molecule has 0 aromatic carbocycles. The van der Waals surface area contributed by atoms with Crippen LogP contribution < -0.4 is 5.32 Å². The lowest BCUT2D eigenvalue weighted by Gasteiger charge is -2.06. The summed E-state index contributed by atoms with van der Waals surface area (Å²) in [6.45, 7) is 4.76. The molecule has 0 atom stereocenters. The van der Waals surface area contributed by atoms with Gasteiger partial charge >= 0.3 is 5.97 Å². The normalized spacial score (nSPS) is 11.6. The highest BCUT2D eigenvalue weighted by Crippen LogP contribution is 2.10. The Balaban J connectivity index is 3.21. The summed E-state index contributed by atoms with van der Waals surface area (Å²) in [7, 11) is 0. The molecule has 0 radical (unpaired) electrons. The van der Waals surface area contributed by atoms with Crippen molar-refractivity contribution in [3.05, 3.63) is 11.8 Å². The maximum Gasteiger partial charge on any atom is 0.351 e. The maximum atomic E-state index is 10.7. The number of carboxylic acids is 1. The second-order valence-electron chi connectivity index (χ2n) is 5.12. The average molecular weight is 269 g/mol. The van der Waals surface area contributed by atoms with Gasteiger partial charge in [0.25, 0.3) is 0 Å². The Hall–Kier alpha value is -0.990. The second-order valence-corrected chi connectivity index (χ2v) is 5.12. The number of unbranched alkanes of at least 4 members (excludes halogenated alkanes) is 9. The van der Waals surface area contributed by atoms with Crippen LogP contribution in [0.1, 0.15) is 78.1 Å². The number of nitrogens with one attached hydrogen (secondary N) is 1. The highest BCUT2D eigenvalue weighted by atomic mass is 16.4. The number of carboxylic acid groups (broad SMARTS) is 1. The van der Waals surface area contributed by atoms with Gasteiger partial charge in [0.1, 0.15) is 5.70 Å². The van der Waals surface area contributed by atoms with Crippen molar-refractivity contribution >= 4 is 5.97 Å². The SMILES string of the molecule is C/C=C(\NCCCCCCCCCCCC)C(=O)O. The summed E-state index contributed by atoms with van der Waals surface area (Å²) in [5.41, 5.74) is 0.316. The molecule has 3 nitrogen and oxygen atoms in total. The Morgan fingerprint density at radius 3 is 1.84 bits per heavy atom. The van der Waals surface area contributed by atoms with Gasteiger partial charge in [-0.2, -0.15) is 0 Å². The minimum Gasteiger partial charge on any atom is -0.477 e. The Morgan fingerprint density at radius 2 is 1.42 bits per heavy atom. The van der Waals surface area contributed by atoms with Crippen LogP contribution in [0, 0.1) is 0 Å². The van der Waals surface area contributed by atoms with Gasteiger partial charge < -0.3 is 10.4 Å². The first kappa shape index (κ1) is 18.0. The van der Waals surface area contributed by atoms with Crippen LogP contribution in [0.15, 0.2) is 11.8 Å². The zero-order chi connectivity index (χ0) is 14.3. The summed E-state index contributed by atoms with van der Waals surface area (Å²) in [4.78, 5) is 10.7. The lowest BCUT2D eigenvalue weighted by atomic mass is 10.1. The lowest BCUT2D eigenvalue weighted by Crippen LogP contribution is -2.21. The first-order valence-electron chi connectivity index (χ1n) is 7.85. The fourth-order valence-electron chi connectivity index (χ4n) is 2.14. The predicted octanol–water partition coefficient (Wildman–Crippen LogP) is 4.49. The Kier molecular flexibility index (Phi) is 12.7. The first-order valence-corrected chi connectivity index (χ1v) is 7.85. The van der Waals surface area contributed by atoms with Gasteiger partial charge in [-0.05, 0) is 13.3 Å². The summed E-state index contributed by atoms with van der Waals surface area (Å²) in [5.74, 6) is -0.866. The van der Waals surface area contributed by atoms with Crippen LogP contribution in [0.4, 0.5) is 0 Å². The molecule has 0 saturated heterocycles. The summed E-state index contributed by atoms with van der Waals surface area (Å²) < 4.78 is 0. The van der Waals surface area contributed by atoms with Crippen LogP contribution in [0.2, 0.25) is 0 Å². The van der Waals surface area contributed by atoms with Gasteiger partial charge in [0.2, 0.25) is 0 Å². The zero-order valence-corrected chi connectivity index (χ0v) is 12.7. The van der Waals surface area contributed by atoms with Gasteiger partial charge in [-0.3, -0.25) is 0 Å². The van der Waals surface area contributed by atoms with Crippen molar-refractivity contribution in [3.63, 3.8) is 0 Å². The standard InChI is InChI=1S/C16H31NO2/c1-3-5-6-7-8-9-10-11-12-13-14-17-15(4-2)16(18)19/h4,17H,3,5-14H2,1-2H3,(H,18,19)/b15-4-. The van der Waals surface area contributed by atoms with Crippen molar-refractivity contribution in [1.29, 1.82) is 0 Å². The summed E-state index contributed by atoms with van der Waals surface area (Å²) in [6.07, 6.45) is 14.7. The van der Waals surface area contributed by atoms with E-state index in [0.29, 0.717) is 5.70 Å². The van der Waals surface area contributed by atoms with Crippen LogP contribution in [0.5, 0.6) is 0 Å². The second kappa shape index (κ2) is 13.4. The quantitative estimate of drug-likeness (QED) is 0.383. The molecule has 0 aromatic heterocycles. The molecule has 0 aliphatic carbocycles. The lowest BCUT2D eigenvalue weighted by molar-refractivity contribution is -0.133. The van der Waals surface area contributed by atoms with E-state index >= 15 is 0 Å². The van der Waals surface area contributed by atoms with E-state index in [4.69, 9.17) is 5.11 Å². The third kappa shape index (κ3) is 11.8. The molecule has 19 heavy (non-hydrogen) atoms. The molecular weight excluding hydrogens is 238 g/mol. The summed E-state index contributed by atoms with van der Waals surface area (Å²) >= 11 is 0. The average Bonchev–Trinajstić information content (AvgIpc) is 2.40. The number of rotatable bonds is 13. The molecule has 0 aliphatic heterocycles. The molecule has 0 aromatic rings. The van der Waals surface area contributed by atoms with Gasteiger partial charge in [-0.1, -0.05) is 70.8 Å². The summed E-state index contributed by atoms with van der Waals surface area (Å²) in [6, 6.07) is 0. The molecule has 0 fully saturated rings. The maximum absolute atomic E-state index is 10.7. The first-order chi connectivity index (χ1) is 9.22. The van der Waals surface area contributed by atoms with Gasteiger partial charge in [-0.15, -0.1) is 0 Å². The van der Waals surface area contributed by atoms with Crippen molar-refractivity contribution in [1.82, 2.24) is 5.32 Å². The highest BCUT2D eigenvalue weighted by Gasteiger charge is 2.03. The largest absolute Gasteiger partial charge is 0.477 e. The Labute approximate surface area is 118 Å². The number of hydrogen-bond donors (Lipinski definition) is 2. The van der Waals surface area contributed by atoms with Gasteiger partial charge in [0.05, 0.1) is 0 Å². The molecule has 0 rings (SSSR count). The third-order valence-corrected chi connectivity index (χ3v) is 3.36. The highest BCUT2D eigenvalue weighted by molar-refractivity contribution is 5.85. The van der Waals surface area contributed by atoms with E-state index in [1.54, 1.807) is 13.0 Å². The van der Waals surface area contributed by atoms with E-state index in [0.717, 1.165) is 13.0 Å². The fourth-order valence-corrected chi connectivity index (χ4v) is 2.14. The smallest absolute Gasteiger partial charge is 0.351 e. The topological polar surface area (TPSA) is 49.3 Å². The van der Waals surface area contributed by atoms with E-state index in [1.807, 2.05) is 0 Å². The molecule has 0 saturated carbocycles. The van der Waals surface area contributed by atoms with E-state index < -0.39 is 5.97 Å². The molecule has 0 unspecified atom stereocenters. The molecule has 0 heterocycles. The van der Waals surface area contributed by atoms with Gasteiger partial charge in [0, 0.05) is 6.54 Å². The molecule has 0 bridgehead atoms. The molecule has 0 amide bonds. The molecule has 0 spiro atoms. The minimum absolute atomic E-state index is 0.316. The van der Waals surface area contributed by atoms with E-state index in [2.05, 4.69) is 12.2 Å².